The lowest BCUT2D eigenvalue weighted by Gasteiger charge is -2.30. The smallest absolute Gasteiger partial charge is 0.264 e. The van der Waals surface area contributed by atoms with E-state index in [1.165, 1.54) is 16.4 Å². The van der Waals surface area contributed by atoms with Crippen LogP contribution in [-0.4, -0.2) is 34.6 Å². The summed E-state index contributed by atoms with van der Waals surface area (Å²) in [5.41, 5.74) is 2.71. The number of ether oxygens (including phenoxy) is 2. The summed E-state index contributed by atoms with van der Waals surface area (Å²) in [5.74, 6) is 0.899. The van der Waals surface area contributed by atoms with Crippen LogP contribution in [0, 0.1) is 0 Å². The number of carbonyl (C=O) groups excluding carboxylic acids is 1. The summed E-state index contributed by atoms with van der Waals surface area (Å²) in [5, 5.41) is 2.88. The normalized spacial score (nSPS) is 14.1. The first-order chi connectivity index (χ1) is 16.4. The summed E-state index contributed by atoms with van der Waals surface area (Å²) in [6, 6.07) is 21.0. The van der Waals surface area contributed by atoms with E-state index < -0.39 is 10.0 Å². The van der Waals surface area contributed by atoms with Crippen molar-refractivity contribution in [2.45, 2.75) is 30.7 Å². The standard InChI is InChI=1S/C26H28N2O5S/c1-19(20-9-11-22(32-2)12-10-20)27-26(29)18-33-23-13-15-24(16-14-23)34(30,31)28-17-5-7-21-6-3-4-8-25(21)28/h3-4,6,8-16,19H,5,7,17-18H2,1-2H3,(H,27,29)/t19-/m0/s1. The fraction of sp³-hybridized carbons (Fsp3) is 0.269. The number of fused-ring (bicyclic) bond motifs is 1. The highest BCUT2D eigenvalue weighted by Gasteiger charge is 2.28. The van der Waals surface area contributed by atoms with E-state index in [2.05, 4.69) is 5.32 Å². The summed E-state index contributed by atoms with van der Waals surface area (Å²) in [6.45, 7) is 2.16. The first kappa shape index (κ1) is 23.6. The monoisotopic (exact) mass is 480 g/mol. The third kappa shape index (κ3) is 5.17. The van der Waals surface area contributed by atoms with Crippen LogP contribution in [0.25, 0.3) is 0 Å². The highest BCUT2D eigenvalue weighted by atomic mass is 32.2. The minimum atomic E-state index is -3.69. The van der Waals surface area contributed by atoms with Gasteiger partial charge in [0.15, 0.2) is 6.61 Å². The Morgan fingerprint density at radius 1 is 1.00 bits per heavy atom. The predicted molar refractivity (Wildman–Crippen MR) is 131 cm³/mol. The second-order valence-corrected chi connectivity index (χ2v) is 9.99. The van der Waals surface area contributed by atoms with E-state index in [1.807, 2.05) is 55.5 Å². The minimum absolute atomic E-state index is 0.175. The second-order valence-electron chi connectivity index (χ2n) is 8.13. The van der Waals surface area contributed by atoms with Crippen molar-refractivity contribution in [2.75, 3.05) is 24.6 Å². The molecular formula is C26H28N2O5S. The molecule has 1 amide bonds. The van der Waals surface area contributed by atoms with Crippen LogP contribution in [0.1, 0.15) is 30.5 Å². The first-order valence-electron chi connectivity index (χ1n) is 11.2. The van der Waals surface area contributed by atoms with E-state index >= 15 is 0 Å². The largest absolute Gasteiger partial charge is 0.497 e. The Morgan fingerprint density at radius 3 is 2.38 bits per heavy atom. The van der Waals surface area contributed by atoms with E-state index in [0.717, 1.165) is 35.4 Å². The minimum Gasteiger partial charge on any atom is -0.497 e. The lowest BCUT2D eigenvalue weighted by molar-refractivity contribution is -0.123. The summed E-state index contributed by atoms with van der Waals surface area (Å²) in [7, 11) is -2.08. The molecule has 0 saturated heterocycles. The average Bonchev–Trinajstić information content (AvgIpc) is 2.87. The van der Waals surface area contributed by atoms with E-state index in [0.29, 0.717) is 12.3 Å². The zero-order valence-electron chi connectivity index (χ0n) is 19.2. The molecule has 0 radical (unpaired) electrons. The molecule has 0 aromatic heterocycles. The number of nitrogens with one attached hydrogen (secondary N) is 1. The Bertz CT molecular complexity index is 1240. The van der Waals surface area contributed by atoms with Crippen LogP contribution in [0.2, 0.25) is 0 Å². The van der Waals surface area contributed by atoms with Crippen LogP contribution in [0.15, 0.2) is 77.7 Å². The molecule has 1 atom stereocenters. The molecule has 4 rings (SSSR count). The van der Waals surface area contributed by atoms with Gasteiger partial charge in [-0.2, -0.15) is 0 Å². The number of aryl methyl sites for hydroxylation is 1. The summed E-state index contributed by atoms with van der Waals surface area (Å²) < 4.78 is 38.7. The van der Waals surface area contributed by atoms with Crippen molar-refractivity contribution in [3.63, 3.8) is 0 Å². The molecule has 0 spiro atoms. The molecule has 0 bridgehead atoms. The molecule has 1 N–H and O–H groups in total. The fourth-order valence-corrected chi connectivity index (χ4v) is 5.53. The van der Waals surface area contributed by atoms with Crippen molar-refractivity contribution in [1.29, 1.82) is 0 Å². The van der Waals surface area contributed by atoms with Gasteiger partial charge in [-0.3, -0.25) is 9.10 Å². The van der Waals surface area contributed by atoms with Crippen LogP contribution in [-0.2, 0) is 21.2 Å². The zero-order chi connectivity index (χ0) is 24.1. The zero-order valence-corrected chi connectivity index (χ0v) is 20.0. The second kappa shape index (κ2) is 10.2. The van der Waals surface area contributed by atoms with Crippen molar-refractivity contribution in [3.05, 3.63) is 83.9 Å². The van der Waals surface area contributed by atoms with E-state index in [-0.39, 0.29) is 23.5 Å². The molecule has 8 heteroatoms. The van der Waals surface area contributed by atoms with Crippen LogP contribution in [0.5, 0.6) is 11.5 Å². The third-order valence-electron chi connectivity index (χ3n) is 5.84. The van der Waals surface area contributed by atoms with Crippen molar-refractivity contribution in [3.8, 4) is 11.5 Å². The van der Waals surface area contributed by atoms with E-state index in [4.69, 9.17) is 9.47 Å². The van der Waals surface area contributed by atoms with Gasteiger partial charge >= 0.3 is 0 Å². The number of hydrogen-bond acceptors (Lipinski definition) is 5. The maximum absolute atomic E-state index is 13.2. The number of sulfonamides is 1. The quantitative estimate of drug-likeness (QED) is 0.525. The number of rotatable bonds is 8. The highest BCUT2D eigenvalue weighted by molar-refractivity contribution is 7.92. The highest BCUT2D eigenvalue weighted by Crippen LogP contribution is 2.32. The number of methoxy groups -OCH3 is 1. The molecule has 0 saturated carbocycles. The molecule has 3 aromatic rings. The SMILES string of the molecule is COc1ccc([C@H](C)NC(=O)COc2ccc(S(=O)(=O)N3CCCc4ccccc43)cc2)cc1. The molecule has 3 aromatic carbocycles. The van der Waals surface area contributed by atoms with E-state index in [9.17, 15) is 13.2 Å². The maximum Gasteiger partial charge on any atom is 0.264 e. The third-order valence-corrected chi connectivity index (χ3v) is 7.67. The molecule has 178 valence electrons. The molecule has 0 aliphatic carbocycles. The van der Waals surface area contributed by atoms with Gasteiger partial charge in [0.05, 0.1) is 23.7 Å². The molecular weight excluding hydrogens is 452 g/mol. The predicted octanol–water partition coefficient (Wildman–Crippen LogP) is 4.09. The maximum atomic E-state index is 13.2. The van der Waals surface area contributed by atoms with E-state index in [1.54, 1.807) is 19.2 Å². The van der Waals surface area contributed by atoms with Crippen molar-refractivity contribution < 1.29 is 22.7 Å². The van der Waals surface area contributed by atoms with Gasteiger partial charge in [0.1, 0.15) is 11.5 Å². The topological polar surface area (TPSA) is 84.9 Å². The van der Waals surface area contributed by atoms with Crippen LogP contribution in [0.3, 0.4) is 0 Å². The summed E-state index contributed by atoms with van der Waals surface area (Å²) in [6.07, 6.45) is 1.65. The first-order valence-corrected chi connectivity index (χ1v) is 12.6. The Morgan fingerprint density at radius 2 is 1.68 bits per heavy atom. The number of hydrogen-bond donors (Lipinski definition) is 1. The number of carbonyl (C=O) groups is 1. The van der Waals surface area contributed by atoms with Gasteiger partial charge in [0.25, 0.3) is 15.9 Å². The summed E-state index contributed by atoms with van der Waals surface area (Å²) >= 11 is 0. The van der Waals surface area contributed by atoms with Crippen molar-refractivity contribution in [2.24, 2.45) is 0 Å². The number of nitrogens with zero attached hydrogens (tertiary/aromatic N) is 1. The average molecular weight is 481 g/mol. The molecule has 1 aliphatic heterocycles. The number of amides is 1. The Hall–Kier alpha value is -3.52. The van der Waals surface area contributed by atoms with Crippen LogP contribution in [0.4, 0.5) is 5.69 Å². The van der Waals surface area contributed by atoms with Gasteiger partial charge in [-0.05, 0) is 73.4 Å². The van der Waals surface area contributed by atoms with Crippen molar-refractivity contribution in [1.82, 2.24) is 5.32 Å². The van der Waals surface area contributed by atoms with Crippen molar-refractivity contribution >= 4 is 21.6 Å². The molecule has 0 unspecified atom stereocenters. The Kier molecular flexibility index (Phi) is 7.07. The van der Waals surface area contributed by atoms with Gasteiger partial charge < -0.3 is 14.8 Å². The Balaban J connectivity index is 1.36. The summed E-state index contributed by atoms with van der Waals surface area (Å²) in [4.78, 5) is 12.5. The molecule has 0 fully saturated rings. The number of benzene rings is 3. The molecule has 34 heavy (non-hydrogen) atoms. The van der Waals surface area contributed by atoms with Gasteiger partial charge in [-0.1, -0.05) is 30.3 Å². The fourth-order valence-electron chi connectivity index (χ4n) is 3.99. The van der Waals surface area contributed by atoms with Crippen LogP contribution >= 0.6 is 0 Å². The van der Waals surface area contributed by atoms with Gasteiger partial charge in [-0.15, -0.1) is 0 Å². The molecule has 1 aliphatic rings. The molecule has 1 heterocycles. The number of anilines is 1. The Labute approximate surface area is 200 Å². The number of para-hydroxylation sites is 1. The lowest BCUT2D eigenvalue weighted by atomic mass is 10.0. The van der Waals surface area contributed by atoms with Gasteiger partial charge in [0.2, 0.25) is 0 Å². The van der Waals surface area contributed by atoms with Gasteiger partial charge in [-0.25, -0.2) is 8.42 Å². The molecule has 7 nitrogen and oxygen atoms in total. The van der Waals surface area contributed by atoms with Gasteiger partial charge in [0, 0.05) is 6.54 Å². The van der Waals surface area contributed by atoms with Crippen LogP contribution < -0.4 is 19.1 Å². The lowest BCUT2D eigenvalue weighted by Crippen LogP contribution is -2.35.